The summed E-state index contributed by atoms with van der Waals surface area (Å²) in [5, 5.41) is 2.54. The van der Waals surface area contributed by atoms with Gasteiger partial charge in [-0.3, -0.25) is 4.79 Å². The van der Waals surface area contributed by atoms with Gasteiger partial charge in [-0.15, -0.1) is 12.4 Å². The van der Waals surface area contributed by atoms with Crippen LogP contribution < -0.4 is 15.8 Å². The van der Waals surface area contributed by atoms with Gasteiger partial charge >= 0.3 is 6.18 Å². The number of hydrogen-bond acceptors (Lipinski definition) is 4. The van der Waals surface area contributed by atoms with Gasteiger partial charge in [-0.2, -0.15) is 13.2 Å². The molecule has 9 heteroatoms. The van der Waals surface area contributed by atoms with Crippen molar-refractivity contribution in [1.29, 1.82) is 0 Å². The monoisotopic (exact) mass is 354 g/mol. The molecule has 0 radical (unpaired) electrons. The van der Waals surface area contributed by atoms with E-state index in [4.69, 9.17) is 15.2 Å². The van der Waals surface area contributed by atoms with Crippen LogP contribution in [0.5, 0.6) is 5.75 Å². The summed E-state index contributed by atoms with van der Waals surface area (Å²) in [7, 11) is 0. The largest absolute Gasteiger partial charge is 0.482 e. The van der Waals surface area contributed by atoms with Crippen molar-refractivity contribution in [2.45, 2.75) is 31.2 Å². The van der Waals surface area contributed by atoms with Crippen LogP contribution in [-0.4, -0.2) is 37.4 Å². The van der Waals surface area contributed by atoms with Crippen molar-refractivity contribution in [3.05, 3.63) is 24.3 Å². The fourth-order valence-corrected chi connectivity index (χ4v) is 2.14. The Morgan fingerprint density at radius 3 is 2.65 bits per heavy atom. The number of carbonyl (C=O) groups is 1. The molecule has 1 heterocycles. The molecule has 130 valence electrons. The summed E-state index contributed by atoms with van der Waals surface area (Å²) >= 11 is 0. The maximum absolute atomic E-state index is 12.2. The number of carbonyl (C=O) groups excluding carboxylic acids is 1. The maximum Gasteiger partial charge on any atom is 0.422 e. The lowest BCUT2D eigenvalue weighted by Crippen LogP contribution is -2.30. The molecule has 1 aliphatic heterocycles. The number of anilines is 1. The van der Waals surface area contributed by atoms with Crippen LogP contribution in [0.25, 0.3) is 0 Å². The van der Waals surface area contributed by atoms with Crippen molar-refractivity contribution in [3.8, 4) is 5.75 Å². The van der Waals surface area contributed by atoms with Crippen molar-refractivity contribution in [2.24, 2.45) is 5.73 Å². The van der Waals surface area contributed by atoms with Crippen LogP contribution in [0.4, 0.5) is 18.9 Å². The Bertz CT molecular complexity index is 528. The Hall–Kier alpha value is -1.51. The van der Waals surface area contributed by atoms with Gasteiger partial charge in [0.15, 0.2) is 6.61 Å². The predicted octanol–water partition coefficient (Wildman–Crippen LogP) is 2.49. The molecule has 3 N–H and O–H groups in total. The smallest absolute Gasteiger partial charge is 0.422 e. The number of alkyl halides is 3. The van der Waals surface area contributed by atoms with Crippen LogP contribution in [0, 0.1) is 0 Å². The first kappa shape index (κ1) is 19.5. The zero-order valence-corrected chi connectivity index (χ0v) is 13.0. The van der Waals surface area contributed by atoms with E-state index in [0.29, 0.717) is 19.4 Å². The number of nitrogens with one attached hydrogen (secondary N) is 1. The van der Waals surface area contributed by atoms with Gasteiger partial charge in [0, 0.05) is 6.54 Å². The first-order valence-corrected chi connectivity index (χ1v) is 6.84. The molecule has 23 heavy (non-hydrogen) atoms. The lowest BCUT2D eigenvalue weighted by atomic mass is 10.2. The van der Waals surface area contributed by atoms with Crippen LogP contribution in [0.15, 0.2) is 24.3 Å². The van der Waals surface area contributed by atoms with Crippen LogP contribution in [0.3, 0.4) is 0 Å². The van der Waals surface area contributed by atoms with Crippen LogP contribution in [0.2, 0.25) is 0 Å². The lowest BCUT2D eigenvalue weighted by molar-refractivity contribution is -0.153. The summed E-state index contributed by atoms with van der Waals surface area (Å²) in [6.45, 7) is -1.09. The molecule has 1 saturated heterocycles. The van der Waals surface area contributed by atoms with Crippen LogP contribution >= 0.6 is 12.4 Å². The third-order valence-electron chi connectivity index (χ3n) is 3.20. The molecule has 2 atom stereocenters. The first-order valence-electron chi connectivity index (χ1n) is 6.84. The number of amides is 1. The van der Waals surface area contributed by atoms with Crippen molar-refractivity contribution < 1.29 is 27.4 Å². The molecular formula is C14H18ClF3N2O3. The molecule has 2 rings (SSSR count). The summed E-state index contributed by atoms with van der Waals surface area (Å²) in [5.41, 5.74) is 5.65. The highest BCUT2D eigenvalue weighted by Crippen LogP contribution is 2.27. The van der Waals surface area contributed by atoms with Crippen molar-refractivity contribution >= 4 is 24.0 Å². The number of ether oxygens (including phenoxy) is 2. The van der Waals surface area contributed by atoms with Gasteiger partial charge in [0.1, 0.15) is 11.9 Å². The van der Waals surface area contributed by atoms with Gasteiger partial charge in [-0.25, -0.2) is 0 Å². The molecule has 0 aromatic heterocycles. The van der Waals surface area contributed by atoms with Gasteiger partial charge in [-0.05, 0) is 25.0 Å². The average Bonchev–Trinajstić information content (AvgIpc) is 2.94. The van der Waals surface area contributed by atoms with Crippen LogP contribution in [0.1, 0.15) is 12.8 Å². The fraction of sp³-hybridized carbons (Fsp3) is 0.500. The second-order valence-electron chi connectivity index (χ2n) is 4.95. The van der Waals surface area contributed by atoms with Crippen LogP contribution in [-0.2, 0) is 9.53 Å². The molecule has 5 nitrogen and oxygen atoms in total. The predicted molar refractivity (Wildman–Crippen MR) is 80.8 cm³/mol. The van der Waals surface area contributed by atoms with E-state index >= 15 is 0 Å². The van der Waals surface area contributed by atoms with E-state index in [1.165, 1.54) is 18.2 Å². The molecule has 1 fully saturated rings. The van der Waals surface area contributed by atoms with E-state index in [9.17, 15) is 18.0 Å². The van der Waals surface area contributed by atoms with Gasteiger partial charge in [0.05, 0.1) is 11.8 Å². The molecular weight excluding hydrogens is 337 g/mol. The Labute approximate surface area is 137 Å². The van der Waals surface area contributed by atoms with E-state index in [1.807, 2.05) is 0 Å². The highest BCUT2D eigenvalue weighted by molar-refractivity contribution is 5.95. The average molecular weight is 355 g/mol. The summed E-state index contributed by atoms with van der Waals surface area (Å²) in [4.78, 5) is 12.1. The zero-order valence-electron chi connectivity index (χ0n) is 12.1. The van der Waals surface area contributed by atoms with Crippen molar-refractivity contribution in [1.82, 2.24) is 0 Å². The molecule has 0 unspecified atom stereocenters. The second-order valence-corrected chi connectivity index (χ2v) is 4.95. The number of rotatable bonds is 5. The van der Waals surface area contributed by atoms with E-state index in [2.05, 4.69) is 5.32 Å². The number of benzene rings is 1. The van der Waals surface area contributed by atoms with Gasteiger partial charge in [0.2, 0.25) is 0 Å². The Morgan fingerprint density at radius 1 is 1.35 bits per heavy atom. The second kappa shape index (κ2) is 8.37. The number of para-hydroxylation sites is 2. The minimum atomic E-state index is -4.44. The molecule has 0 saturated carbocycles. The van der Waals surface area contributed by atoms with Crippen molar-refractivity contribution in [3.63, 3.8) is 0 Å². The minimum Gasteiger partial charge on any atom is -0.482 e. The molecule has 1 amide bonds. The molecule has 0 spiro atoms. The SMILES string of the molecule is Cl.NC[C@H]1CC[C@@H](C(=O)Nc2ccccc2OCC(F)(F)F)O1. The third-order valence-corrected chi connectivity index (χ3v) is 3.20. The number of hydrogen-bond donors (Lipinski definition) is 2. The number of halogens is 4. The summed E-state index contributed by atoms with van der Waals surface area (Å²) in [5.74, 6) is -0.458. The highest BCUT2D eigenvalue weighted by Gasteiger charge is 2.31. The maximum atomic E-state index is 12.2. The Kier molecular flexibility index (Phi) is 7.11. The number of nitrogens with two attached hydrogens (primary N) is 1. The highest BCUT2D eigenvalue weighted by atomic mass is 35.5. The van der Waals surface area contributed by atoms with Crippen molar-refractivity contribution in [2.75, 3.05) is 18.5 Å². The first-order chi connectivity index (χ1) is 10.4. The van der Waals surface area contributed by atoms with Gasteiger partial charge < -0.3 is 20.5 Å². The zero-order chi connectivity index (χ0) is 16.2. The molecule has 0 aliphatic carbocycles. The van der Waals surface area contributed by atoms with Gasteiger partial charge in [0.25, 0.3) is 5.91 Å². The van der Waals surface area contributed by atoms with E-state index in [1.54, 1.807) is 6.07 Å². The molecule has 1 aromatic carbocycles. The quantitative estimate of drug-likeness (QED) is 0.852. The summed E-state index contributed by atoms with van der Waals surface area (Å²) in [6.07, 6.45) is -4.04. The molecule has 1 aliphatic rings. The Balaban J connectivity index is 0.00000264. The normalized spacial score (nSPS) is 20.7. The summed E-state index contributed by atoms with van der Waals surface area (Å²) in [6, 6.07) is 5.95. The van der Waals surface area contributed by atoms with E-state index in [-0.39, 0.29) is 29.9 Å². The summed E-state index contributed by atoms with van der Waals surface area (Å²) < 4.78 is 46.8. The standard InChI is InChI=1S/C14H17F3N2O3.ClH/c15-14(16,17)8-21-11-4-2-1-3-10(11)19-13(20)12-6-5-9(7-18)22-12;/h1-4,9,12H,5-8,18H2,(H,19,20);1H/t9-,12+;/m1./s1. The Morgan fingerprint density at radius 2 is 2.04 bits per heavy atom. The van der Waals surface area contributed by atoms with Gasteiger partial charge in [-0.1, -0.05) is 12.1 Å². The third kappa shape index (κ3) is 5.89. The molecule has 1 aromatic rings. The van der Waals surface area contributed by atoms with E-state index < -0.39 is 24.8 Å². The minimum absolute atomic E-state index is 0. The lowest BCUT2D eigenvalue weighted by Gasteiger charge is -2.16. The topological polar surface area (TPSA) is 73.6 Å². The van der Waals surface area contributed by atoms with E-state index in [0.717, 1.165) is 0 Å². The fourth-order valence-electron chi connectivity index (χ4n) is 2.14. The molecule has 0 bridgehead atoms.